The molecule has 0 unspecified atom stereocenters. The van der Waals surface area contributed by atoms with Gasteiger partial charge in [-0.1, -0.05) is 42.5 Å². The van der Waals surface area contributed by atoms with Crippen molar-refractivity contribution in [2.24, 2.45) is 0 Å². The first-order valence-corrected chi connectivity index (χ1v) is 9.50. The fourth-order valence-electron chi connectivity index (χ4n) is 2.95. The van der Waals surface area contributed by atoms with Crippen molar-refractivity contribution < 1.29 is 9.47 Å². The highest BCUT2D eigenvalue weighted by Gasteiger charge is 2.12. The predicted octanol–water partition coefficient (Wildman–Crippen LogP) is 6.23. The van der Waals surface area contributed by atoms with Crippen LogP contribution in [0.3, 0.4) is 0 Å². The van der Waals surface area contributed by atoms with Crippen molar-refractivity contribution >= 4 is 17.1 Å². The third kappa shape index (κ3) is 5.19. The van der Waals surface area contributed by atoms with E-state index in [2.05, 4.69) is 77.7 Å². The van der Waals surface area contributed by atoms with Gasteiger partial charge in [-0.05, 0) is 61.4 Å². The Hall–Kier alpha value is -2.62. The van der Waals surface area contributed by atoms with Crippen molar-refractivity contribution in [3.05, 3.63) is 90.0 Å². The van der Waals surface area contributed by atoms with Crippen molar-refractivity contribution in [2.75, 3.05) is 18.1 Å². The molecule has 3 nitrogen and oxygen atoms in total. The van der Waals surface area contributed by atoms with Gasteiger partial charge in [0.05, 0.1) is 13.2 Å². The first-order valence-electron chi connectivity index (χ1n) is 9.50. The molecule has 140 valence electrons. The van der Waals surface area contributed by atoms with Crippen molar-refractivity contribution in [2.45, 2.75) is 27.1 Å². The SMILES string of the molecule is CCOCc1ccc(N(c2ccccc2)c2ccc(COCC)cc2)cc1. The Morgan fingerprint density at radius 3 is 1.37 bits per heavy atom. The zero-order valence-electron chi connectivity index (χ0n) is 16.1. The molecule has 0 atom stereocenters. The van der Waals surface area contributed by atoms with Gasteiger partial charge in [-0.15, -0.1) is 0 Å². The van der Waals surface area contributed by atoms with Crippen LogP contribution in [0.25, 0.3) is 0 Å². The van der Waals surface area contributed by atoms with E-state index >= 15 is 0 Å². The Labute approximate surface area is 162 Å². The number of hydrogen-bond acceptors (Lipinski definition) is 3. The molecule has 3 aromatic carbocycles. The van der Waals surface area contributed by atoms with Crippen LogP contribution in [-0.4, -0.2) is 13.2 Å². The number of ether oxygens (including phenoxy) is 2. The molecule has 0 saturated heterocycles. The summed E-state index contributed by atoms with van der Waals surface area (Å²) in [6.07, 6.45) is 0. The van der Waals surface area contributed by atoms with Gasteiger partial charge in [0.15, 0.2) is 0 Å². The molecule has 0 spiro atoms. The number of anilines is 3. The smallest absolute Gasteiger partial charge is 0.0716 e. The third-order valence-electron chi connectivity index (χ3n) is 4.35. The lowest BCUT2D eigenvalue weighted by Gasteiger charge is -2.25. The van der Waals surface area contributed by atoms with E-state index in [9.17, 15) is 0 Å². The van der Waals surface area contributed by atoms with Gasteiger partial charge < -0.3 is 14.4 Å². The van der Waals surface area contributed by atoms with Crippen LogP contribution < -0.4 is 4.90 Å². The number of benzene rings is 3. The highest BCUT2D eigenvalue weighted by atomic mass is 16.5. The van der Waals surface area contributed by atoms with Crippen LogP contribution in [0, 0.1) is 0 Å². The van der Waals surface area contributed by atoms with Crippen LogP contribution in [0.5, 0.6) is 0 Å². The summed E-state index contributed by atoms with van der Waals surface area (Å²) in [5, 5.41) is 0. The molecule has 0 aliphatic rings. The predicted molar refractivity (Wildman–Crippen MR) is 112 cm³/mol. The van der Waals surface area contributed by atoms with Crippen LogP contribution in [0.4, 0.5) is 17.1 Å². The van der Waals surface area contributed by atoms with Crippen LogP contribution in [0.15, 0.2) is 78.9 Å². The first-order chi connectivity index (χ1) is 13.3. The van der Waals surface area contributed by atoms with E-state index in [0.29, 0.717) is 13.2 Å². The fourth-order valence-corrected chi connectivity index (χ4v) is 2.95. The lowest BCUT2D eigenvalue weighted by molar-refractivity contribution is 0.134. The number of rotatable bonds is 9. The Kier molecular flexibility index (Phi) is 7.03. The van der Waals surface area contributed by atoms with Crippen LogP contribution >= 0.6 is 0 Å². The van der Waals surface area contributed by atoms with Crippen LogP contribution in [0.1, 0.15) is 25.0 Å². The molecule has 0 heterocycles. The average molecular weight is 361 g/mol. The molecule has 0 N–H and O–H groups in total. The second kappa shape index (κ2) is 9.91. The molecule has 0 radical (unpaired) electrons. The van der Waals surface area contributed by atoms with E-state index in [-0.39, 0.29) is 0 Å². The van der Waals surface area contributed by atoms with Crippen molar-refractivity contribution in [1.29, 1.82) is 0 Å². The minimum atomic E-state index is 0.647. The van der Waals surface area contributed by atoms with Crippen LogP contribution in [0.2, 0.25) is 0 Å². The van der Waals surface area contributed by atoms with Gasteiger partial charge in [-0.2, -0.15) is 0 Å². The molecule has 0 saturated carbocycles. The molecule has 0 fully saturated rings. The summed E-state index contributed by atoms with van der Waals surface area (Å²) in [5.41, 5.74) is 5.74. The van der Waals surface area contributed by atoms with E-state index in [1.807, 2.05) is 19.9 Å². The van der Waals surface area contributed by atoms with Gasteiger partial charge in [0, 0.05) is 30.3 Å². The van der Waals surface area contributed by atoms with Gasteiger partial charge in [-0.25, -0.2) is 0 Å². The zero-order valence-corrected chi connectivity index (χ0v) is 16.1. The lowest BCUT2D eigenvalue weighted by Crippen LogP contribution is -2.10. The zero-order chi connectivity index (χ0) is 18.9. The number of hydrogen-bond donors (Lipinski definition) is 0. The highest BCUT2D eigenvalue weighted by Crippen LogP contribution is 2.34. The largest absolute Gasteiger partial charge is 0.377 e. The second-order valence-electron chi connectivity index (χ2n) is 6.28. The van der Waals surface area contributed by atoms with Gasteiger partial charge in [0.25, 0.3) is 0 Å². The molecule has 0 aliphatic carbocycles. The molecule has 3 aromatic rings. The first kappa shape index (κ1) is 19.2. The summed E-state index contributed by atoms with van der Waals surface area (Å²) < 4.78 is 11.0. The minimum absolute atomic E-state index is 0.647. The Balaban J connectivity index is 1.90. The lowest BCUT2D eigenvalue weighted by atomic mass is 10.1. The monoisotopic (exact) mass is 361 g/mol. The van der Waals surface area contributed by atoms with Crippen molar-refractivity contribution in [1.82, 2.24) is 0 Å². The summed E-state index contributed by atoms with van der Waals surface area (Å²) in [4.78, 5) is 2.26. The Bertz CT molecular complexity index is 747. The maximum Gasteiger partial charge on any atom is 0.0716 e. The maximum atomic E-state index is 5.51. The third-order valence-corrected chi connectivity index (χ3v) is 4.35. The Morgan fingerprint density at radius 2 is 0.963 bits per heavy atom. The van der Waals surface area contributed by atoms with Gasteiger partial charge in [-0.3, -0.25) is 0 Å². The normalized spacial score (nSPS) is 10.7. The van der Waals surface area contributed by atoms with E-state index in [1.165, 1.54) is 11.1 Å². The highest BCUT2D eigenvalue weighted by molar-refractivity contribution is 5.76. The van der Waals surface area contributed by atoms with E-state index in [4.69, 9.17) is 9.47 Å². The van der Waals surface area contributed by atoms with E-state index < -0.39 is 0 Å². The molecule has 0 aliphatic heterocycles. The van der Waals surface area contributed by atoms with Crippen molar-refractivity contribution in [3.8, 4) is 0 Å². The van der Waals surface area contributed by atoms with Gasteiger partial charge >= 0.3 is 0 Å². The van der Waals surface area contributed by atoms with E-state index in [1.54, 1.807) is 0 Å². The second-order valence-corrected chi connectivity index (χ2v) is 6.28. The molecule has 0 amide bonds. The summed E-state index contributed by atoms with van der Waals surface area (Å²) in [6.45, 7) is 6.78. The van der Waals surface area contributed by atoms with Gasteiger partial charge in [0.2, 0.25) is 0 Å². The fraction of sp³-hybridized carbons (Fsp3) is 0.250. The molecule has 3 heteroatoms. The molecular weight excluding hydrogens is 334 g/mol. The molecule has 0 bridgehead atoms. The topological polar surface area (TPSA) is 21.7 Å². The quantitative estimate of drug-likeness (QED) is 0.451. The maximum absolute atomic E-state index is 5.51. The number of para-hydroxylation sites is 1. The summed E-state index contributed by atoms with van der Waals surface area (Å²) >= 11 is 0. The molecular formula is C24H27NO2. The van der Waals surface area contributed by atoms with Crippen LogP contribution in [-0.2, 0) is 22.7 Å². The summed E-state index contributed by atoms with van der Waals surface area (Å²) in [7, 11) is 0. The molecule has 3 rings (SSSR count). The summed E-state index contributed by atoms with van der Waals surface area (Å²) in [5.74, 6) is 0. The number of nitrogens with zero attached hydrogens (tertiary/aromatic N) is 1. The van der Waals surface area contributed by atoms with Crippen molar-refractivity contribution in [3.63, 3.8) is 0 Å². The standard InChI is InChI=1S/C24H27NO2/c1-3-26-18-20-10-14-23(15-11-20)25(22-8-6-5-7-9-22)24-16-12-21(13-17-24)19-27-4-2/h5-17H,3-4,18-19H2,1-2H3. The minimum Gasteiger partial charge on any atom is -0.377 e. The molecule has 0 aromatic heterocycles. The average Bonchev–Trinajstić information content (AvgIpc) is 2.73. The van der Waals surface area contributed by atoms with E-state index in [0.717, 1.165) is 30.3 Å². The van der Waals surface area contributed by atoms with Gasteiger partial charge in [0.1, 0.15) is 0 Å². The molecule has 27 heavy (non-hydrogen) atoms. The Morgan fingerprint density at radius 1 is 0.556 bits per heavy atom. The summed E-state index contributed by atoms with van der Waals surface area (Å²) in [6, 6.07) is 27.5.